The van der Waals surface area contributed by atoms with E-state index in [1.165, 1.54) is 0 Å². The molecule has 13 heavy (non-hydrogen) atoms. The van der Waals surface area contributed by atoms with Crippen LogP contribution in [0.5, 0.6) is 0 Å². The Kier molecular flexibility index (Phi) is 2.93. The average molecular weight is 185 g/mol. The van der Waals surface area contributed by atoms with Crippen molar-refractivity contribution in [3.63, 3.8) is 0 Å². The molecule has 0 radical (unpaired) electrons. The molecule has 0 aromatic carbocycles. The SMILES string of the molecule is CC(C)CC(N)C(=O)NC1(N)CC1. The summed E-state index contributed by atoms with van der Waals surface area (Å²) >= 11 is 0. The van der Waals surface area contributed by atoms with Crippen molar-refractivity contribution in [3.8, 4) is 0 Å². The molecule has 0 saturated heterocycles. The Hall–Kier alpha value is -0.610. The highest BCUT2D eigenvalue weighted by Gasteiger charge is 2.40. The molecule has 0 aromatic rings. The largest absolute Gasteiger partial charge is 0.337 e. The van der Waals surface area contributed by atoms with Crippen molar-refractivity contribution in [2.24, 2.45) is 17.4 Å². The molecule has 5 N–H and O–H groups in total. The first-order valence-electron chi connectivity index (χ1n) is 4.79. The first-order chi connectivity index (χ1) is 5.93. The van der Waals surface area contributed by atoms with Crippen LogP contribution in [-0.4, -0.2) is 17.6 Å². The highest BCUT2D eigenvalue weighted by atomic mass is 16.2. The second-order valence-corrected chi connectivity index (χ2v) is 4.38. The maximum atomic E-state index is 11.4. The summed E-state index contributed by atoms with van der Waals surface area (Å²) in [6, 6.07) is -0.416. The fourth-order valence-corrected chi connectivity index (χ4v) is 1.21. The van der Waals surface area contributed by atoms with Gasteiger partial charge in [-0.05, 0) is 25.2 Å². The van der Waals surface area contributed by atoms with Crippen LogP contribution >= 0.6 is 0 Å². The van der Waals surface area contributed by atoms with Crippen LogP contribution < -0.4 is 16.8 Å². The van der Waals surface area contributed by atoms with Crippen molar-refractivity contribution < 1.29 is 4.79 Å². The minimum absolute atomic E-state index is 0.117. The van der Waals surface area contributed by atoms with E-state index in [1.807, 2.05) is 13.8 Å². The summed E-state index contributed by atoms with van der Waals surface area (Å²) in [4.78, 5) is 11.4. The van der Waals surface area contributed by atoms with E-state index in [0.29, 0.717) is 12.3 Å². The van der Waals surface area contributed by atoms with Crippen molar-refractivity contribution in [1.82, 2.24) is 5.32 Å². The van der Waals surface area contributed by atoms with Gasteiger partial charge in [-0.15, -0.1) is 0 Å². The topological polar surface area (TPSA) is 81.1 Å². The lowest BCUT2D eigenvalue weighted by molar-refractivity contribution is -0.123. The Balaban J connectivity index is 2.30. The number of carbonyl (C=O) groups excluding carboxylic acids is 1. The lowest BCUT2D eigenvalue weighted by Gasteiger charge is -2.17. The summed E-state index contributed by atoms with van der Waals surface area (Å²) in [5.41, 5.74) is 11.0. The lowest BCUT2D eigenvalue weighted by Crippen LogP contribution is -2.51. The fourth-order valence-electron chi connectivity index (χ4n) is 1.21. The van der Waals surface area contributed by atoms with Gasteiger partial charge in [0.05, 0.1) is 11.7 Å². The van der Waals surface area contributed by atoms with Crippen LogP contribution in [0.1, 0.15) is 33.1 Å². The predicted molar refractivity (Wildman–Crippen MR) is 51.7 cm³/mol. The van der Waals surface area contributed by atoms with Crippen LogP contribution in [0, 0.1) is 5.92 Å². The molecule has 0 aromatic heterocycles. The maximum absolute atomic E-state index is 11.4. The zero-order valence-corrected chi connectivity index (χ0v) is 8.34. The number of hydrogen-bond acceptors (Lipinski definition) is 3. The summed E-state index contributed by atoms with van der Waals surface area (Å²) in [6.07, 6.45) is 2.45. The van der Waals surface area contributed by atoms with E-state index < -0.39 is 11.7 Å². The molecule has 4 nitrogen and oxygen atoms in total. The van der Waals surface area contributed by atoms with Gasteiger partial charge in [0, 0.05) is 0 Å². The fraction of sp³-hybridized carbons (Fsp3) is 0.889. The number of amides is 1. The van der Waals surface area contributed by atoms with E-state index in [-0.39, 0.29) is 5.91 Å². The third-order valence-corrected chi connectivity index (χ3v) is 2.22. The number of carbonyl (C=O) groups is 1. The van der Waals surface area contributed by atoms with Crippen LogP contribution in [-0.2, 0) is 4.79 Å². The van der Waals surface area contributed by atoms with Crippen LogP contribution in [0.15, 0.2) is 0 Å². The van der Waals surface area contributed by atoms with Crippen molar-refractivity contribution in [3.05, 3.63) is 0 Å². The van der Waals surface area contributed by atoms with Crippen molar-refractivity contribution in [2.75, 3.05) is 0 Å². The minimum Gasteiger partial charge on any atom is -0.337 e. The third kappa shape index (κ3) is 3.32. The quantitative estimate of drug-likeness (QED) is 0.536. The van der Waals surface area contributed by atoms with Gasteiger partial charge >= 0.3 is 0 Å². The highest BCUT2D eigenvalue weighted by Crippen LogP contribution is 2.28. The van der Waals surface area contributed by atoms with Gasteiger partial charge in [-0.25, -0.2) is 0 Å². The summed E-state index contributed by atoms with van der Waals surface area (Å²) in [5.74, 6) is 0.322. The first kappa shape index (κ1) is 10.5. The van der Waals surface area contributed by atoms with Gasteiger partial charge in [-0.2, -0.15) is 0 Å². The number of hydrogen-bond donors (Lipinski definition) is 3. The van der Waals surface area contributed by atoms with Gasteiger partial charge in [0.1, 0.15) is 0 Å². The van der Waals surface area contributed by atoms with Gasteiger partial charge in [0.2, 0.25) is 5.91 Å². The first-order valence-corrected chi connectivity index (χ1v) is 4.79. The molecule has 76 valence electrons. The van der Waals surface area contributed by atoms with Crippen LogP contribution in [0.25, 0.3) is 0 Å². The van der Waals surface area contributed by atoms with Gasteiger partial charge in [0.15, 0.2) is 0 Å². The molecule has 1 atom stereocenters. The monoisotopic (exact) mass is 185 g/mol. The van der Waals surface area contributed by atoms with E-state index in [4.69, 9.17) is 11.5 Å². The normalized spacial score (nSPS) is 21.3. The molecule has 0 bridgehead atoms. The maximum Gasteiger partial charge on any atom is 0.238 e. The Morgan fingerprint density at radius 2 is 2.08 bits per heavy atom. The van der Waals surface area contributed by atoms with E-state index >= 15 is 0 Å². The summed E-state index contributed by atoms with van der Waals surface area (Å²) in [6.45, 7) is 4.09. The molecular weight excluding hydrogens is 166 g/mol. The molecule has 1 unspecified atom stereocenters. The van der Waals surface area contributed by atoms with E-state index in [1.54, 1.807) is 0 Å². The van der Waals surface area contributed by atoms with Gasteiger partial charge in [-0.3, -0.25) is 4.79 Å². The van der Waals surface area contributed by atoms with Crippen LogP contribution in [0.4, 0.5) is 0 Å². The second kappa shape index (κ2) is 3.64. The molecule has 0 aliphatic heterocycles. The molecule has 4 heteroatoms. The number of rotatable bonds is 4. The van der Waals surface area contributed by atoms with Gasteiger partial charge in [-0.1, -0.05) is 13.8 Å². The number of nitrogens with two attached hydrogens (primary N) is 2. The summed E-state index contributed by atoms with van der Waals surface area (Å²) in [7, 11) is 0. The molecule has 1 fully saturated rings. The van der Waals surface area contributed by atoms with Gasteiger partial charge in [0.25, 0.3) is 0 Å². The Labute approximate surface area is 79.0 Å². The molecule has 1 saturated carbocycles. The van der Waals surface area contributed by atoms with Crippen LogP contribution in [0.2, 0.25) is 0 Å². The van der Waals surface area contributed by atoms with E-state index in [0.717, 1.165) is 12.8 Å². The smallest absolute Gasteiger partial charge is 0.238 e. The summed E-state index contributed by atoms with van der Waals surface area (Å²) < 4.78 is 0. The highest BCUT2D eigenvalue weighted by molar-refractivity contribution is 5.82. The Morgan fingerprint density at radius 3 is 2.46 bits per heavy atom. The molecular formula is C9H19N3O. The molecule has 1 amide bonds. The van der Waals surface area contributed by atoms with E-state index in [9.17, 15) is 4.79 Å². The standard InChI is InChI=1S/C9H19N3O/c1-6(2)5-7(10)8(13)12-9(11)3-4-9/h6-7H,3-5,10-11H2,1-2H3,(H,12,13). The van der Waals surface area contributed by atoms with Gasteiger partial charge < -0.3 is 16.8 Å². The molecule has 1 rings (SSSR count). The van der Waals surface area contributed by atoms with Crippen molar-refractivity contribution in [2.45, 2.75) is 44.8 Å². The Bertz CT molecular complexity index is 199. The lowest BCUT2D eigenvalue weighted by atomic mass is 10.0. The molecule has 0 spiro atoms. The number of nitrogens with one attached hydrogen (secondary N) is 1. The molecule has 0 heterocycles. The van der Waals surface area contributed by atoms with Crippen molar-refractivity contribution in [1.29, 1.82) is 0 Å². The van der Waals surface area contributed by atoms with Crippen molar-refractivity contribution >= 4 is 5.91 Å². The average Bonchev–Trinajstić information content (AvgIpc) is 2.66. The summed E-state index contributed by atoms with van der Waals surface area (Å²) in [5, 5.41) is 2.75. The Morgan fingerprint density at radius 1 is 1.54 bits per heavy atom. The zero-order valence-electron chi connectivity index (χ0n) is 8.34. The van der Waals surface area contributed by atoms with E-state index in [2.05, 4.69) is 5.32 Å². The second-order valence-electron chi connectivity index (χ2n) is 4.38. The molecule has 1 aliphatic carbocycles. The third-order valence-electron chi connectivity index (χ3n) is 2.22. The minimum atomic E-state index is -0.439. The zero-order chi connectivity index (χ0) is 10.1. The van der Waals surface area contributed by atoms with Crippen LogP contribution in [0.3, 0.4) is 0 Å². The molecule has 1 aliphatic rings. The predicted octanol–water partition coefficient (Wildman–Crippen LogP) is -0.0752.